The predicted molar refractivity (Wildman–Crippen MR) is 140 cm³/mol. The van der Waals surface area contributed by atoms with Gasteiger partial charge < -0.3 is 29.6 Å². The number of rotatable bonds is 9. The minimum absolute atomic E-state index is 0.179. The molecule has 2 N–H and O–H groups in total. The average molecular weight is 511 g/mol. The van der Waals surface area contributed by atoms with Crippen LogP contribution in [0.3, 0.4) is 0 Å². The van der Waals surface area contributed by atoms with E-state index in [9.17, 15) is 9.59 Å². The van der Waals surface area contributed by atoms with E-state index >= 15 is 0 Å². The standard InChI is InChI=1S/C27H30N2O6S/c1-32-20-14-11-17(23(33-2)24(20)34-3)15-28-26-22(19-7-5-6-8-21(19)36-26)25(30)29-18-12-9-16(10-13-18)27(31)35-4/h9-14,28H,5-8,15H2,1-4H3,(H,29,30). The lowest BCUT2D eigenvalue weighted by molar-refractivity contribution is 0.0600. The van der Waals surface area contributed by atoms with Crippen molar-refractivity contribution in [2.24, 2.45) is 0 Å². The molecule has 3 aromatic rings. The Kier molecular flexibility index (Phi) is 8.00. The van der Waals surface area contributed by atoms with Crippen molar-refractivity contribution in [3.8, 4) is 17.2 Å². The van der Waals surface area contributed by atoms with E-state index < -0.39 is 5.97 Å². The summed E-state index contributed by atoms with van der Waals surface area (Å²) in [4.78, 5) is 26.4. The summed E-state index contributed by atoms with van der Waals surface area (Å²) < 4.78 is 21.3. The Morgan fingerprint density at radius 1 is 0.889 bits per heavy atom. The van der Waals surface area contributed by atoms with Gasteiger partial charge in [-0.25, -0.2) is 4.79 Å². The highest BCUT2D eigenvalue weighted by atomic mass is 32.1. The predicted octanol–water partition coefficient (Wildman–Crippen LogP) is 5.30. The van der Waals surface area contributed by atoms with Crippen LogP contribution >= 0.6 is 11.3 Å². The van der Waals surface area contributed by atoms with Gasteiger partial charge >= 0.3 is 5.97 Å². The van der Waals surface area contributed by atoms with Gasteiger partial charge in [0.2, 0.25) is 5.75 Å². The number of amides is 1. The maximum Gasteiger partial charge on any atom is 0.337 e. The van der Waals surface area contributed by atoms with Gasteiger partial charge in [0.05, 0.1) is 39.6 Å². The lowest BCUT2D eigenvalue weighted by atomic mass is 9.95. The van der Waals surface area contributed by atoms with Crippen molar-refractivity contribution in [1.29, 1.82) is 0 Å². The summed E-state index contributed by atoms with van der Waals surface area (Å²) in [7, 11) is 6.09. The monoisotopic (exact) mass is 510 g/mol. The van der Waals surface area contributed by atoms with Gasteiger partial charge in [0.15, 0.2) is 11.5 Å². The fourth-order valence-electron chi connectivity index (χ4n) is 4.41. The third-order valence-corrected chi connectivity index (χ3v) is 7.44. The average Bonchev–Trinajstić information content (AvgIpc) is 3.29. The fraction of sp³-hybridized carbons (Fsp3) is 0.333. The molecule has 1 aliphatic rings. The minimum atomic E-state index is -0.420. The lowest BCUT2D eigenvalue weighted by Gasteiger charge is -2.17. The van der Waals surface area contributed by atoms with E-state index in [1.54, 1.807) is 56.9 Å². The van der Waals surface area contributed by atoms with Crippen LogP contribution in [0.5, 0.6) is 17.2 Å². The molecule has 0 radical (unpaired) electrons. The molecule has 1 heterocycles. The Morgan fingerprint density at radius 3 is 2.28 bits per heavy atom. The Labute approximate surface area is 214 Å². The van der Waals surface area contributed by atoms with Crippen LogP contribution in [0.4, 0.5) is 10.7 Å². The molecule has 0 saturated carbocycles. The number of hydrogen-bond donors (Lipinski definition) is 2. The van der Waals surface area contributed by atoms with Gasteiger partial charge in [-0.3, -0.25) is 4.79 Å². The first kappa shape index (κ1) is 25.4. The summed E-state index contributed by atoms with van der Waals surface area (Å²) in [5.74, 6) is 1.10. The van der Waals surface area contributed by atoms with Crippen molar-refractivity contribution in [3.05, 3.63) is 63.5 Å². The molecule has 0 unspecified atom stereocenters. The normalized spacial score (nSPS) is 12.3. The van der Waals surface area contributed by atoms with Crippen molar-refractivity contribution in [3.63, 3.8) is 0 Å². The number of methoxy groups -OCH3 is 4. The molecule has 1 aromatic heterocycles. The van der Waals surface area contributed by atoms with Gasteiger partial charge in [0.1, 0.15) is 5.00 Å². The van der Waals surface area contributed by atoms with E-state index in [4.69, 9.17) is 18.9 Å². The number of hydrogen-bond acceptors (Lipinski definition) is 8. The molecule has 0 bridgehead atoms. The van der Waals surface area contributed by atoms with E-state index in [2.05, 4.69) is 10.6 Å². The number of anilines is 2. The number of carbonyl (C=O) groups is 2. The molecule has 0 saturated heterocycles. The van der Waals surface area contributed by atoms with Gasteiger partial charge in [0.25, 0.3) is 5.91 Å². The SMILES string of the molecule is COC(=O)c1ccc(NC(=O)c2c(NCc3ccc(OC)c(OC)c3OC)sc3c2CCCC3)cc1. The number of ether oxygens (including phenoxy) is 4. The molecular weight excluding hydrogens is 480 g/mol. The number of aryl methyl sites for hydroxylation is 1. The van der Waals surface area contributed by atoms with E-state index in [1.165, 1.54) is 12.0 Å². The maximum atomic E-state index is 13.5. The molecule has 0 aliphatic heterocycles. The third-order valence-electron chi connectivity index (χ3n) is 6.19. The second-order valence-corrected chi connectivity index (χ2v) is 9.39. The van der Waals surface area contributed by atoms with Crippen molar-refractivity contribution < 1.29 is 28.5 Å². The quantitative estimate of drug-likeness (QED) is 0.377. The zero-order valence-corrected chi connectivity index (χ0v) is 21.7. The molecule has 0 fully saturated rings. The molecule has 9 heteroatoms. The summed E-state index contributed by atoms with van der Waals surface area (Å²) in [6, 6.07) is 10.4. The summed E-state index contributed by atoms with van der Waals surface area (Å²) >= 11 is 1.63. The summed E-state index contributed by atoms with van der Waals surface area (Å²) in [6.07, 6.45) is 4.01. The number of esters is 1. The molecule has 0 atom stereocenters. The third kappa shape index (κ3) is 5.11. The van der Waals surface area contributed by atoms with Crippen LogP contribution in [-0.2, 0) is 24.1 Å². The molecule has 4 rings (SSSR count). The highest BCUT2D eigenvalue weighted by Gasteiger charge is 2.26. The van der Waals surface area contributed by atoms with Gasteiger partial charge in [-0.15, -0.1) is 11.3 Å². The summed E-state index contributed by atoms with van der Waals surface area (Å²) in [5, 5.41) is 7.28. The van der Waals surface area contributed by atoms with Gasteiger partial charge in [-0.1, -0.05) is 0 Å². The van der Waals surface area contributed by atoms with Gasteiger partial charge in [-0.2, -0.15) is 0 Å². The Hall–Kier alpha value is -3.72. The topological polar surface area (TPSA) is 95.1 Å². The Morgan fingerprint density at radius 2 is 1.61 bits per heavy atom. The van der Waals surface area contributed by atoms with Crippen LogP contribution in [0.15, 0.2) is 36.4 Å². The first-order valence-corrected chi connectivity index (χ1v) is 12.5. The van der Waals surface area contributed by atoms with Crippen LogP contribution in [0.1, 0.15) is 49.6 Å². The summed E-state index contributed by atoms with van der Waals surface area (Å²) in [6.45, 7) is 0.441. The molecule has 36 heavy (non-hydrogen) atoms. The van der Waals surface area contributed by atoms with Gasteiger partial charge in [-0.05, 0) is 67.6 Å². The van der Waals surface area contributed by atoms with Crippen molar-refractivity contribution >= 4 is 33.9 Å². The van der Waals surface area contributed by atoms with Crippen molar-refractivity contribution in [2.45, 2.75) is 32.2 Å². The highest BCUT2D eigenvalue weighted by molar-refractivity contribution is 7.16. The summed E-state index contributed by atoms with van der Waals surface area (Å²) in [5.41, 5.74) is 3.69. The zero-order valence-electron chi connectivity index (χ0n) is 20.9. The molecule has 1 aliphatic carbocycles. The second kappa shape index (κ2) is 11.3. The number of nitrogens with one attached hydrogen (secondary N) is 2. The lowest BCUT2D eigenvalue weighted by Crippen LogP contribution is -2.16. The van der Waals surface area contributed by atoms with Crippen LogP contribution in [0, 0.1) is 0 Å². The van der Waals surface area contributed by atoms with Crippen LogP contribution < -0.4 is 24.8 Å². The van der Waals surface area contributed by atoms with Crippen molar-refractivity contribution in [1.82, 2.24) is 0 Å². The molecule has 1 amide bonds. The molecule has 2 aromatic carbocycles. The first-order chi connectivity index (χ1) is 17.5. The smallest absolute Gasteiger partial charge is 0.337 e. The van der Waals surface area contributed by atoms with Crippen LogP contribution in [-0.4, -0.2) is 40.3 Å². The van der Waals surface area contributed by atoms with Gasteiger partial charge in [0, 0.05) is 22.7 Å². The van der Waals surface area contributed by atoms with E-state index in [-0.39, 0.29) is 5.91 Å². The Bertz CT molecular complexity index is 1250. The first-order valence-electron chi connectivity index (χ1n) is 11.7. The molecule has 190 valence electrons. The molecule has 8 nitrogen and oxygen atoms in total. The molecular formula is C27H30N2O6S. The second-order valence-electron chi connectivity index (χ2n) is 8.29. The molecule has 0 spiro atoms. The van der Waals surface area contributed by atoms with E-state index in [0.717, 1.165) is 41.8 Å². The Balaban J connectivity index is 1.60. The van der Waals surface area contributed by atoms with Crippen LogP contribution in [0.2, 0.25) is 0 Å². The highest BCUT2D eigenvalue weighted by Crippen LogP contribution is 2.42. The number of thiophene rings is 1. The minimum Gasteiger partial charge on any atom is -0.493 e. The zero-order chi connectivity index (χ0) is 25.7. The van der Waals surface area contributed by atoms with E-state index in [1.807, 2.05) is 12.1 Å². The fourth-order valence-corrected chi connectivity index (χ4v) is 5.69. The maximum absolute atomic E-state index is 13.5. The largest absolute Gasteiger partial charge is 0.493 e. The number of carbonyl (C=O) groups excluding carboxylic acids is 2. The van der Waals surface area contributed by atoms with Crippen molar-refractivity contribution in [2.75, 3.05) is 39.1 Å². The van der Waals surface area contributed by atoms with Crippen LogP contribution in [0.25, 0.3) is 0 Å². The number of benzene rings is 2. The number of fused-ring (bicyclic) bond motifs is 1. The van der Waals surface area contributed by atoms with E-state index in [0.29, 0.717) is 40.6 Å².